The first-order valence-corrected chi connectivity index (χ1v) is 31.8. The molecule has 0 saturated carbocycles. The van der Waals surface area contributed by atoms with E-state index >= 15 is 0 Å². The number of hydrogen-bond donors (Lipinski definition) is 0. The molecule has 0 rings (SSSR count). The molecule has 8 nitrogen and oxygen atoms in total. The van der Waals surface area contributed by atoms with Gasteiger partial charge in [-0.25, -0.2) is 0 Å². The molecule has 0 aromatic carbocycles. The second-order valence-corrected chi connectivity index (χ2v) is 33.1. The van der Waals surface area contributed by atoms with Gasteiger partial charge in [-0.1, -0.05) is 103 Å². The largest absolute Gasteiger partial charge is 4.00 e. The van der Waals surface area contributed by atoms with Crippen LogP contribution in [0.4, 0.5) is 0 Å². The summed E-state index contributed by atoms with van der Waals surface area (Å²) in [7, 11) is 0. The van der Waals surface area contributed by atoms with Gasteiger partial charge in [-0.3, -0.25) is 0 Å². The molecule has 0 aliphatic rings. The van der Waals surface area contributed by atoms with E-state index in [1.165, 1.54) is 45.5 Å². The molecular weight excluding hydrogens is 893 g/mol. The third-order valence-corrected chi connectivity index (χ3v) is 21.6. The fraction of sp³-hybridized carbons (Fsp3) is 1.00. The van der Waals surface area contributed by atoms with Crippen LogP contribution in [0.5, 0.6) is 0 Å². The molecule has 0 heterocycles. The second kappa shape index (κ2) is 39.6. The number of hydrogen-bond acceptors (Lipinski definition) is 16. The Labute approximate surface area is 327 Å². The monoisotopic (exact) mass is 950 g/mol. The van der Waals surface area contributed by atoms with Crippen molar-refractivity contribution in [3.8, 4) is 0 Å². The summed E-state index contributed by atoms with van der Waals surface area (Å²) in [5.74, 6) is 3.30. The summed E-state index contributed by atoms with van der Waals surface area (Å²) in [6, 6.07) is 0. The van der Waals surface area contributed by atoms with Gasteiger partial charge in [-0.05, 0) is 74.4 Å². The molecule has 4 atom stereocenters. The van der Waals surface area contributed by atoms with Gasteiger partial charge in [0.15, 0.2) is 0 Å². The molecule has 274 valence electrons. The van der Waals surface area contributed by atoms with Crippen molar-refractivity contribution in [2.24, 2.45) is 0 Å². The SMILES string of the molecule is CCCOP([O-])(=S)SCCC.CCCOP([O-])(=S)SCCC.CCCOP([O-])(=S)SCCC.CCCOP([O-])(=S)SCCC.[Mo+4]. The van der Waals surface area contributed by atoms with Crippen LogP contribution in [-0.2, 0) is 86.4 Å². The average Bonchev–Trinajstić information content (AvgIpc) is 2.98. The van der Waals surface area contributed by atoms with Crippen molar-refractivity contribution in [3.05, 3.63) is 0 Å². The van der Waals surface area contributed by atoms with Gasteiger partial charge in [-0.2, -0.15) is 0 Å². The topological polar surface area (TPSA) is 129 Å². The van der Waals surface area contributed by atoms with Gasteiger partial charge in [0.2, 0.25) is 0 Å². The zero-order valence-corrected chi connectivity index (χ0v) is 40.2. The Morgan fingerprint density at radius 3 is 0.644 bits per heavy atom. The van der Waals surface area contributed by atoms with E-state index in [1.54, 1.807) is 0 Å². The van der Waals surface area contributed by atoms with Crippen LogP contribution >= 0.6 is 68.3 Å². The summed E-state index contributed by atoms with van der Waals surface area (Å²) in [4.78, 5) is 45.1. The van der Waals surface area contributed by atoms with E-state index < -0.39 is 22.8 Å². The van der Waals surface area contributed by atoms with Gasteiger partial charge in [0.25, 0.3) is 0 Å². The first-order valence-electron chi connectivity index (χ1n) is 14.9. The smallest absolute Gasteiger partial charge is 0.793 e. The van der Waals surface area contributed by atoms with E-state index in [0.29, 0.717) is 26.4 Å². The maximum Gasteiger partial charge on any atom is 4.00 e. The van der Waals surface area contributed by atoms with Crippen LogP contribution in [0.2, 0.25) is 0 Å². The Hall–Kier alpha value is 4.37. The van der Waals surface area contributed by atoms with Gasteiger partial charge in [0, 0.05) is 22.8 Å². The predicted molar refractivity (Wildman–Crippen MR) is 213 cm³/mol. The third kappa shape index (κ3) is 52.8. The van der Waals surface area contributed by atoms with Crippen LogP contribution in [0.1, 0.15) is 107 Å². The fourth-order valence-corrected chi connectivity index (χ4v) is 15.6. The molecule has 0 aromatic rings. The van der Waals surface area contributed by atoms with E-state index in [2.05, 4.69) is 0 Å². The van der Waals surface area contributed by atoms with Gasteiger partial charge in [-0.15, -0.1) is 45.5 Å². The molecule has 0 spiro atoms. The van der Waals surface area contributed by atoms with Crippen LogP contribution in [-0.4, -0.2) is 49.4 Å². The zero-order valence-electron chi connectivity index (χ0n) is 28.0. The summed E-state index contributed by atoms with van der Waals surface area (Å²) in [6.07, 6.45) is 7.42. The predicted octanol–water partition coefficient (Wildman–Crippen LogP) is 8.56. The minimum atomic E-state index is -2.73. The summed E-state index contributed by atoms with van der Waals surface area (Å²) in [5, 5.41) is 0. The maximum absolute atomic E-state index is 11.3. The van der Waals surface area contributed by atoms with E-state index in [4.69, 9.17) is 65.3 Å². The fourth-order valence-electron chi connectivity index (χ4n) is 1.77. The van der Waals surface area contributed by atoms with Crippen LogP contribution in [0.3, 0.4) is 0 Å². The molecule has 0 radical (unpaired) electrons. The van der Waals surface area contributed by atoms with E-state index in [9.17, 15) is 19.6 Å². The Bertz CT molecular complexity index is 649. The molecule has 0 aliphatic carbocycles. The third-order valence-electron chi connectivity index (χ3n) is 3.63. The van der Waals surface area contributed by atoms with Gasteiger partial charge < -0.3 is 37.7 Å². The quantitative estimate of drug-likeness (QED) is 0.0676. The maximum atomic E-state index is 11.3. The van der Waals surface area contributed by atoms with Crippen molar-refractivity contribution >= 4 is 116 Å². The minimum absolute atomic E-state index is 0. The van der Waals surface area contributed by atoms with Gasteiger partial charge in [0.05, 0.1) is 26.4 Å². The summed E-state index contributed by atoms with van der Waals surface area (Å²) < 4.78 is 20.1. The number of rotatable bonds is 24. The van der Waals surface area contributed by atoms with Crippen molar-refractivity contribution < 1.29 is 58.7 Å². The Balaban J connectivity index is -0.000000157. The molecule has 0 saturated heterocycles. The van der Waals surface area contributed by atoms with Crippen molar-refractivity contribution in [1.82, 2.24) is 0 Å². The Kier molecular flexibility index (Phi) is 51.6. The van der Waals surface area contributed by atoms with E-state index in [0.717, 1.165) is 74.4 Å². The molecule has 0 aliphatic heterocycles. The standard InChI is InChI=1S/4C6H15O2PS2.Mo/c4*1-3-5-8-9(7,10)11-6-4-2;/h4*3-6H2,1-2H3,(H,7,10);/q;;;;+4/p-4. The van der Waals surface area contributed by atoms with E-state index in [-0.39, 0.29) is 21.1 Å². The first kappa shape index (κ1) is 58.7. The van der Waals surface area contributed by atoms with Crippen molar-refractivity contribution in [2.45, 2.75) is 107 Å². The van der Waals surface area contributed by atoms with Gasteiger partial charge in [0.1, 0.15) is 0 Å². The Morgan fingerprint density at radius 1 is 0.378 bits per heavy atom. The first-order chi connectivity index (χ1) is 20.5. The van der Waals surface area contributed by atoms with Crippen molar-refractivity contribution in [3.63, 3.8) is 0 Å². The van der Waals surface area contributed by atoms with Crippen LogP contribution < -0.4 is 19.6 Å². The summed E-state index contributed by atoms with van der Waals surface area (Å²) in [6.45, 7) is 18.1. The molecule has 45 heavy (non-hydrogen) atoms. The molecular formula is C24H56MoO8P4S8. The molecule has 21 heteroatoms. The molecule has 0 aromatic heterocycles. The average molecular weight is 949 g/mol. The normalized spacial score (nSPS) is 15.9. The Morgan fingerprint density at radius 2 is 0.533 bits per heavy atom. The van der Waals surface area contributed by atoms with Crippen molar-refractivity contribution in [1.29, 1.82) is 0 Å². The van der Waals surface area contributed by atoms with Gasteiger partial charge >= 0.3 is 21.1 Å². The minimum Gasteiger partial charge on any atom is -0.793 e. The van der Waals surface area contributed by atoms with E-state index in [1.807, 2.05) is 55.4 Å². The molecule has 0 N–H and O–H groups in total. The molecule has 4 unspecified atom stereocenters. The summed E-state index contributed by atoms with van der Waals surface area (Å²) in [5.41, 5.74) is -10.9. The van der Waals surface area contributed by atoms with Crippen LogP contribution in [0.25, 0.3) is 0 Å². The zero-order chi connectivity index (χ0) is 35.0. The second-order valence-electron chi connectivity index (χ2n) is 8.45. The molecule has 0 fully saturated rings. The summed E-state index contributed by atoms with van der Waals surface area (Å²) >= 11 is 24.1. The van der Waals surface area contributed by atoms with Crippen molar-refractivity contribution in [2.75, 3.05) is 49.4 Å². The van der Waals surface area contributed by atoms with Crippen LogP contribution in [0.15, 0.2) is 0 Å². The molecule has 0 amide bonds. The molecule has 0 bridgehead atoms. The van der Waals surface area contributed by atoms with Crippen LogP contribution in [0, 0.1) is 0 Å².